The molecular formula is C34H33NO5. The van der Waals surface area contributed by atoms with Gasteiger partial charge in [-0.1, -0.05) is 84.9 Å². The number of amides is 1. The predicted molar refractivity (Wildman–Crippen MR) is 154 cm³/mol. The highest BCUT2D eigenvalue weighted by atomic mass is 16.5. The molecule has 204 valence electrons. The van der Waals surface area contributed by atoms with Crippen LogP contribution in [0.5, 0.6) is 5.75 Å². The Morgan fingerprint density at radius 2 is 1.55 bits per heavy atom. The smallest absolute Gasteiger partial charge is 0.230 e. The van der Waals surface area contributed by atoms with E-state index >= 15 is 0 Å². The first-order valence-corrected chi connectivity index (χ1v) is 13.8. The fourth-order valence-electron chi connectivity index (χ4n) is 5.64. The van der Waals surface area contributed by atoms with Crippen molar-refractivity contribution in [3.8, 4) is 16.9 Å². The van der Waals surface area contributed by atoms with E-state index in [0.717, 1.165) is 39.3 Å². The van der Waals surface area contributed by atoms with E-state index < -0.39 is 6.10 Å². The zero-order valence-electron chi connectivity index (χ0n) is 22.2. The van der Waals surface area contributed by atoms with E-state index in [-0.39, 0.29) is 30.8 Å². The summed E-state index contributed by atoms with van der Waals surface area (Å²) in [4.78, 5) is 14.5. The van der Waals surface area contributed by atoms with Crippen molar-refractivity contribution in [2.75, 3.05) is 11.5 Å². The summed E-state index contributed by atoms with van der Waals surface area (Å²) in [5, 5.41) is 19.7. The number of nitrogens with zero attached hydrogens (tertiary/aromatic N) is 1. The number of β-lactam (4-membered cyclic amide) rings is 1. The first-order chi connectivity index (χ1) is 19.6. The Hall–Kier alpha value is -3.97. The highest BCUT2D eigenvalue weighted by Gasteiger charge is 2.40. The SMILES string of the molecule is O=C1C[C@@H](c2ccc(-c3ccc([C@H]4C[C@@H](O)C[C@@H](CO)O4)cc3)cc2OCc2ccccc2)N1c1ccccc1. The highest BCUT2D eigenvalue weighted by molar-refractivity contribution is 6.01. The first kappa shape index (κ1) is 26.3. The molecule has 0 bridgehead atoms. The summed E-state index contributed by atoms with van der Waals surface area (Å²) in [6, 6.07) is 34.1. The van der Waals surface area contributed by atoms with Crippen LogP contribution < -0.4 is 9.64 Å². The molecule has 0 aromatic heterocycles. The van der Waals surface area contributed by atoms with Gasteiger partial charge >= 0.3 is 0 Å². The second-order valence-corrected chi connectivity index (χ2v) is 10.5. The first-order valence-electron chi connectivity index (χ1n) is 13.8. The molecule has 4 aromatic carbocycles. The molecule has 2 fully saturated rings. The second kappa shape index (κ2) is 11.6. The number of carbonyl (C=O) groups is 1. The Morgan fingerprint density at radius 1 is 0.850 bits per heavy atom. The number of benzene rings is 4. The lowest BCUT2D eigenvalue weighted by atomic mass is 9.90. The zero-order valence-corrected chi connectivity index (χ0v) is 22.2. The molecule has 6 nitrogen and oxygen atoms in total. The maximum atomic E-state index is 12.7. The highest BCUT2D eigenvalue weighted by Crippen LogP contribution is 2.44. The standard InChI is InChI=1S/C34H33NO5/c36-21-29-18-28(37)19-32(40-29)25-13-11-24(12-14-25)26-15-16-30(33(17-26)39-22-23-7-3-1-4-8-23)31-20-34(38)35(31)27-9-5-2-6-10-27/h1-17,28-29,31-32,36-37H,18-22H2/t28-,29-,31-,32+/m0/s1. The van der Waals surface area contributed by atoms with E-state index in [4.69, 9.17) is 9.47 Å². The van der Waals surface area contributed by atoms with Crippen LogP contribution >= 0.6 is 0 Å². The number of aliphatic hydroxyl groups excluding tert-OH is 2. The van der Waals surface area contributed by atoms with Gasteiger partial charge in [0.2, 0.25) is 5.91 Å². The van der Waals surface area contributed by atoms with Gasteiger partial charge in [-0.3, -0.25) is 4.79 Å². The van der Waals surface area contributed by atoms with Crippen molar-refractivity contribution < 1.29 is 24.5 Å². The van der Waals surface area contributed by atoms with Gasteiger partial charge in [0.15, 0.2) is 0 Å². The van der Waals surface area contributed by atoms with Crippen LogP contribution in [0, 0.1) is 0 Å². The fourth-order valence-corrected chi connectivity index (χ4v) is 5.64. The van der Waals surface area contributed by atoms with Crippen LogP contribution in [0.2, 0.25) is 0 Å². The van der Waals surface area contributed by atoms with Crippen LogP contribution in [-0.2, 0) is 16.1 Å². The lowest BCUT2D eigenvalue weighted by molar-refractivity contribution is -0.124. The molecular weight excluding hydrogens is 502 g/mol. The van der Waals surface area contributed by atoms with Gasteiger partial charge in [0, 0.05) is 24.1 Å². The van der Waals surface area contributed by atoms with Crippen LogP contribution in [0.4, 0.5) is 5.69 Å². The molecule has 0 spiro atoms. The molecule has 0 saturated carbocycles. The van der Waals surface area contributed by atoms with Gasteiger partial charge in [-0.25, -0.2) is 0 Å². The lowest BCUT2D eigenvalue weighted by Gasteiger charge is -2.41. The summed E-state index contributed by atoms with van der Waals surface area (Å²) in [6.07, 6.45) is 0.326. The van der Waals surface area contributed by atoms with Crippen molar-refractivity contribution in [2.45, 2.75) is 50.2 Å². The molecule has 1 amide bonds. The summed E-state index contributed by atoms with van der Waals surface area (Å²) in [6.45, 7) is 0.327. The maximum Gasteiger partial charge on any atom is 0.230 e. The van der Waals surface area contributed by atoms with Crippen LogP contribution in [0.25, 0.3) is 11.1 Å². The number of aliphatic hydroxyl groups is 2. The van der Waals surface area contributed by atoms with Gasteiger partial charge in [0.05, 0.1) is 37.4 Å². The van der Waals surface area contributed by atoms with Crippen LogP contribution in [0.3, 0.4) is 0 Å². The number of hydrogen-bond donors (Lipinski definition) is 2. The molecule has 0 aliphatic carbocycles. The molecule has 6 heteroatoms. The van der Waals surface area contributed by atoms with Gasteiger partial charge in [-0.2, -0.15) is 0 Å². The number of carbonyl (C=O) groups excluding carboxylic acids is 1. The molecule has 40 heavy (non-hydrogen) atoms. The van der Waals surface area contributed by atoms with Crippen molar-refractivity contribution >= 4 is 11.6 Å². The molecule has 2 saturated heterocycles. The minimum atomic E-state index is -0.485. The normalized spacial score (nSPS) is 22.6. The third-order valence-electron chi connectivity index (χ3n) is 7.79. The Bertz CT molecular complexity index is 1440. The molecule has 0 unspecified atom stereocenters. The minimum Gasteiger partial charge on any atom is -0.489 e. The van der Waals surface area contributed by atoms with Crippen LogP contribution in [0.1, 0.15) is 48.1 Å². The molecule has 2 N–H and O–H groups in total. The predicted octanol–water partition coefficient (Wildman–Crippen LogP) is 5.98. The molecule has 4 aromatic rings. The van der Waals surface area contributed by atoms with E-state index in [1.165, 1.54) is 0 Å². The topological polar surface area (TPSA) is 79.2 Å². The third-order valence-corrected chi connectivity index (χ3v) is 7.79. The lowest BCUT2D eigenvalue weighted by Crippen LogP contribution is -2.46. The van der Waals surface area contributed by atoms with Crippen LogP contribution in [0.15, 0.2) is 103 Å². The molecule has 2 aliphatic heterocycles. The Morgan fingerprint density at radius 3 is 2.25 bits per heavy atom. The minimum absolute atomic E-state index is 0.0913. The second-order valence-electron chi connectivity index (χ2n) is 10.5. The quantitative estimate of drug-likeness (QED) is 0.271. The third kappa shape index (κ3) is 5.52. The van der Waals surface area contributed by atoms with E-state index in [1.807, 2.05) is 89.8 Å². The van der Waals surface area contributed by atoms with E-state index in [2.05, 4.69) is 18.2 Å². The number of anilines is 1. The van der Waals surface area contributed by atoms with E-state index in [1.54, 1.807) is 0 Å². The van der Waals surface area contributed by atoms with Gasteiger partial charge < -0.3 is 24.6 Å². The summed E-state index contributed by atoms with van der Waals surface area (Å²) < 4.78 is 12.4. The average Bonchev–Trinajstić information content (AvgIpc) is 2.99. The summed E-state index contributed by atoms with van der Waals surface area (Å²) in [7, 11) is 0. The summed E-state index contributed by atoms with van der Waals surface area (Å²) >= 11 is 0. The molecule has 2 aliphatic rings. The Kier molecular flexibility index (Phi) is 7.64. The number of para-hydroxylation sites is 1. The van der Waals surface area contributed by atoms with Crippen LogP contribution in [-0.4, -0.2) is 34.9 Å². The van der Waals surface area contributed by atoms with E-state index in [9.17, 15) is 15.0 Å². The largest absolute Gasteiger partial charge is 0.489 e. The van der Waals surface area contributed by atoms with Gasteiger partial charge in [0.1, 0.15) is 12.4 Å². The molecule has 0 radical (unpaired) electrons. The van der Waals surface area contributed by atoms with Gasteiger partial charge in [-0.05, 0) is 40.5 Å². The summed E-state index contributed by atoms with van der Waals surface area (Å²) in [5.41, 5.74) is 5.95. The summed E-state index contributed by atoms with van der Waals surface area (Å²) in [5.74, 6) is 0.858. The van der Waals surface area contributed by atoms with Gasteiger partial charge in [0.25, 0.3) is 0 Å². The maximum absolute atomic E-state index is 12.7. The number of hydrogen-bond acceptors (Lipinski definition) is 5. The number of rotatable bonds is 8. The number of ether oxygens (including phenoxy) is 2. The van der Waals surface area contributed by atoms with Crippen molar-refractivity contribution in [2.24, 2.45) is 0 Å². The van der Waals surface area contributed by atoms with E-state index in [0.29, 0.717) is 25.9 Å². The Labute approximate surface area is 234 Å². The van der Waals surface area contributed by atoms with Crippen molar-refractivity contribution in [1.29, 1.82) is 0 Å². The Balaban J connectivity index is 1.28. The fraction of sp³-hybridized carbons (Fsp3) is 0.265. The van der Waals surface area contributed by atoms with Gasteiger partial charge in [-0.15, -0.1) is 0 Å². The van der Waals surface area contributed by atoms with Crippen molar-refractivity contribution in [3.05, 3.63) is 120 Å². The van der Waals surface area contributed by atoms with Crippen molar-refractivity contribution in [3.63, 3.8) is 0 Å². The zero-order chi connectivity index (χ0) is 27.5. The van der Waals surface area contributed by atoms with Crippen molar-refractivity contribution in [1.82, 2.24) is 0 Å². The molecule has 4 atom stereocenters. The molecule has 2 heterocycles. The molecule has 6 rings (SSSR count). The monoisotopic (exact) mass is 535 g/mol. The average molecular weight is 536 g/mol.